The van der Waals surface area contributed by atoms with E-state index in [1.54, 1.807) is 12.1 Å². The van der Waals surface area contributed by atoms with E-state index < -0.39 is 0 Å². The van der Waals surface area contributed by atoms with Crippen LogP contribution in [0, 0.1) is 0 Å². The van der Waals surface area contributed by atoms with Crippen molar-refractivity contribution in [3.8, 4) is 5.75 Å². The Morgan fingerprint density at radius 3 is 2.95 bits per heavy atom. The standard InChI is InChI=1S/C14H16N4OS/c1-18-6-8(10-5-9(19)2-3-13(10)18)4-11(15)12-7-20-14(16)17-12/h2-3,5-7,11,19H,4,15H2,1H3,(H2,16,17)/t11-/m0/s1. The van der Waals surface area contributed by atoms with E-state index in [9.17, 15) is 5.11 Å². The summed E-state index contributed by atoms with van der Waals surface area (Å²) in [6.07, 6.45) is 2.70. The fourth-order valence-corrected chi connectivity index (χ4v) is 3.06. The van der Waals surface area contributed by atoms with E-state index in [1.165, 1.54) is 11.3 Å². The van der Waals surface area contributed by atoms with Gasteiger partial charge in [0.1, 0.15) is 5.75 Å². The maximum absolute atomic E-state index is 9.65. The second-order valence-corrected chi connectivity index (χ2v) is 5.78. The molecule has 6 heteroatoms. The lowest BCUT2D eigenvalue weighted by atomic mass is 10.0. The molecule has 5 N–H and O–H groups in total. The molecule has 104 valence electrons. The van der Waals surface area contributed by atoms with Crippen LogP contribution in [0.25, 0.3) is 10.9 Å². The lowest BCUT2D eigenvalue weighted by molar-refractivity contribution is 0.476. The van der Waals surface area contributed by atoms with Gasteiger partial charge in [0.15, 0.2) is 5.13 Å². The third-order valence-corrected chi connectivity index (χ3v) is 4.11. The van der Waals surface area contributed by atoms with E-state index in [0.717, 1.165) is 22.2 Å². The number of nitrogens with two attached hydrogens (primary N) is 2. The van der Waals surface area contributed by atoms with E-state index in [0.29, 0.717) is 11.6 Å². The lowest BCUT2D eigenvalue weighted by Gasteiger charge is -2.07. The summed E-state index contributed by atoms with van der Waals surface area (Å²) in [4.78, 5) is 4.23. The normalized spacial score (nSPS) is 12.9. The highest BCUT2D eigenvalue weighted by Crippen LogP contribution is 2.28. The largest absolute Gasteiger partial charge is 0.508 e. The van der Waals surface area contributed by atoms with Crippen molar-refractivity contribution >= 4 is 27.4 Å². The van der Waals surface area contributed by atoms with Crippen molar-refractivity contribution in [2.24, 2.45) is 12.8 Å². The van der Waals surface area contributed by atoms with E-state index in [-0.39, 0.29) is 11.8 Å². The van der Waals surface area contributed by atoms with Crippen LogP contribution < -0.4 is 11.5 Å². The van der Waals surface area contributed by atoms with Gasteiger partial charge in [-0.1, -0.05) is 0 Å². The summed E-state index contributed by atoms with van der Waals surface area (Å²) in [5.74, 6) is 0.261. The lowest BCUT2D eigenvalue weighted by Crippen LogP contribution is -2.13. The zero-order valence-corrected chi connectivity index (χ0v) is 11.9. The number of rotatable bonds is 3. The highest BCUT2D eigenvalue weighted by Gasteiger charge is 2.14. The van der Waals surface area contributed by atoms with Gasteiger partial charge in [0.05, 0.1) is 11.7 Å². The highest BCUT2D eigenvalue weighted by molar-refractivity contribution is 7.13. The van der Waals surface area contributed by atoms with Crippen molar-refractivity contribution in [1.82, 2.24) is 9.55 Å². The predicted molar refractivity (Wildman–Crippen MR) is 81.7 cm³/mol. The molecule has 20 heavy (non-hydrogen) atoms. The topological polar surface area (TPSA) is 90.1 Å². The van der Waals surface area contributed by atoms with Gasteiger partial charge in [-0.15, -0.1) is 11.3 Å². The molecule has 0 aliphatic carbocycles. The van der Waals surface area contributed by atoms with Gasteiger partial charge in [0.2, 0.25) is 0 Å². The number of hydrogen-bond acceptors (Lipinski definition) is 5. The van der Waals surface area contributed by atoms with E-state index in [2.05, 4.69) is 4.98 Å². The number of nitrogens with zero attached hydrogens (tertiary/aromatic N) is 2. The van der Waals surface area contributed by atoms with E-state index in [1.807, 2.05) is 29.3 Å². The number of aryl methyl sites for hydroxylation is 1. The Labute approximate surface area is 120 Å². The Hall–Kier alpha value is -2.05. The number of aromatic hydroxyl groups is 1. The van der Waals surface area contributed by atoms with Crippen molar-refractivity contribution in [2.75, 3.05) is 5.73 Å². The van der Waals surface area contributed by atoms with Crippen LogP contribution in [0.2, 0.25) is 0 Å². The molecule has 0 bridgehead atoms. The molecule has 0 fully saturated rings. The van der Waals surface area contributed by atoms with Crippen LogP contribution in [0.3, 0.4) is 0 Å². The van der Waals surface area contributed by atoms with E-state index in [4.69, 9.17) is 11.5 Å². The molecule has 1 aromatic carbocycles. The molecule has 5 nitrogen and oxygen atoms in total. The van der Waals surface area contributed by atoms with Crippen LogP contribution in [0.15, 0.2) is 29.8 Å². The second kappa shape index (κ2) is 4.81. The van der Waals surface area contributed by atoms with Crippen LogP contribution in [-0.2, 0) is 13.5 Å². The number of aromatic nitrogens is 2. The monoisotopic (exact) mass is 288 g/mol. The average molecular weight is 288 g/mol. The van der Waals surface area contributed by atoms with Crippen LogP contribution >= 0.6 is 11.3 Å². The van der Waals surface area contributed by atoms with Crippen molar-refractivity contribution in [2.45, 2.75) is 12.5 Å². The molecule has 0 aliphatic heterocycles. The Morgan fingerprint density at radius 2 is 2.25 bits per heavy atom. The first-order valence-corrected chi connectivity index (χ1v) is 7.16. The molecule has 0 unspecified atom stereocenters. The second-order valence-electron chi connectivity index (χ2n) is 4.89. The maximum atomic E-state index is 9.65. The number of hydrogen-bond donors (Lipinski definition) is 3. The first kappa shape index (κ1) is 13.0. The predicted octanol–water partition coefficient (Wildman–Crippen LogP) is 2.17. The molecule has 2 aromatic heterocycles. The van der Waals surface area contributed by atoms with Gasteiger partial charge < -0.3 is 21.1 Å². The minimum atomic E-state index is -0.198. The van der Waals surface area contributed by atoms with Crippen LogP contribution in [0.1, 0.15) is 17.3 Å². The quantitative estimate of drug-likeness (QED) is 0.689. The molecule has 1 atom stereocenters. The summed E-state index contributed by atoms with van der Waals surface area (Å²) >= 11 is 1.40. The molecule has 0 saturated carbocycles. The molecular weight excluding hydrogens is 272 g/mol. The van der Waals surface area contributed by atoms with Crippen molar-refractivity contribution < 1.29 is 5.11 Å². The molecular formula is C14H16N4OS. The van der Waals surface area contributed by atoms with Gasteiger partial charge in [0, 0.05) is 29.5 Å². The van der Waals surface area contributed by atoms with E-state index >= 15 is 0 Å². The molecule has 2 heterocycles. The van der Waals surface area contributed by atoms with Crippen LogP contribution in [0.4, 0.5) is 5.13 Å². The van der Waals surface area contributed by atoms with Gasteiger partial charge in [-0.2, -0.15) is 0 Å². The van der Waals surface area contributed by atoms with Gasteiger partial charge in [-0.25, -0.2) is 4.98 Å². The number of benzene rings is 1. The molecule has 0 aliphatic rings. The van der Waals surface area contributed by atoms with Crippen molar-refractivity contribution in [3.05, 3.63) is 41.0 Å². The minimum absolute atomic E-state index is 0.198. The number of thiazole rings is 1. The van der Waals surface area contributed by atoms with Gasteiger partial charge >= 0.3 is 0 Å². The fourth-order valence-electron chi connectivity index (χ4n) is 2.44. The molecule has 3 rings (SSSR count). The summed E-state index contributed by atoms with van der Waals surface area (Å²) in [5, 5.41) is 13.1. The van der Waals surface area contributed by atoms with Crippen molar-refractivity contribution in [3.63, 3.8) is 0 Å². The van der Waals surface area contributed by atoms with Crippen LogP contribution in [-0.4, -0.2) is 14.7 Å². The summed E-state index contributed by atoms with van der Waals surface area (Å²) in [5.41, 5.74) is 14.8. The number of phenolic OH excluding ortho intramolecular Hbond substituents is 1. The number of nitrogen functional groups attached to an aromatic ring is 1. The van der Waals surface area contributed by atoms with Gasteiger partial charge in [0.25, 0.3) is 0 Å². The zero-order valence-electron chi connectivity index (χ0n) is 11.1. The average Bonchev–Trinajstić information content (AvgIpc) is 2.95. The summed E-state index contributed by atoms with van der Waals surface area (Å²) in [6.45, 7) is 0. The molecule has 3 aromatic rings. The van der Waals surface area contributed by atoms with Crippen LogP contribution in [0.5, 0.6) is 5.75 Å². The Balaban J connectivity index is 1.96. The zero-order chi connectivity index (χ0) is 14.3. The fraction of sp³-hybridized carbons (Fsp3) is 0.214. The Bertz CT molecular complexity index is 762. The minimum Gasteiger partial charge on any atom is -0.508 e. The maximum Gasteiger partial charge on any atom is 0.180 e. The van der Waals surface area contributed by atoms with Gasteiger partial charge in [-0.05, 0) is 30.2 Å². The Kier molecular flexibility index (Phi) is 3.11. The SMILES string of the molecule is Cn1cc(C[C@H](N)c2csc(N)n2)c2cc(O)ccc21. The third kappa shape index (κ3) is 2.23. The highest BCUT2D eigenvalue weighted by atomic mass is 32.1. The van der Waals surface area contributed by atoms with Crippen molar-refractivity contribution in [1.29, 1.82) is 0 Å². The number of anilines is 1. The third-order valence-electron chi connectivity index (χ3n) is 3.41. The number of fused-ring (bicyclic) bond motifs is 1. The summed E-state index contributed by atoms with van der Waals surface area (Å²) < 4.78 is 2.03. The summed E-state index contributed by atoms with van der Waals surface area (Å²) in [7, 11) is 1.98. The Morgan fingerprint density at radius 1 is 1.45 bits per heavy atom. The van der Waals surface area contributed by atoms with Gasteiger partial charge in [-0.3, -0.25) is 0 Å². The molecule has 0 saturated heterocycles. The first-order valence-electron chi connectivity index (χ1n) is 6.28. The molecule has 0 radical (unpaired) electrons. The smallest absolute Gasteiger partial charge is 0.180 e. The first-order chi connectivity index (χ1) is 9.54. The molecule has 0 amide bonds. The number of phenols is 1. The summed E-state index contributed by atoms with van der Waals surface area (Å²) in [6, 6.07) is 5.16. The molecule has 0 spiro atoms.